The van der Waals surface area contributed by atoms with Crippen molar-refractivity contribution in [2.24, 2.45) is 0 Å². The number of rotatable bonds is 4. The molecule has 1 unspecified atom stereocenters. The Labute approximate surface area is 204 Å². The van der Waals surface area contributed by atoms with Gasteiger partial charge in [0, 0.05) is 24.2 Å². The molecule has 1 saturated heterocycles. The minimum absolute atomic E-state index is 0.275. The number of imidazole rings is 1. The molecule has 1 aromatic carbocycles. The van der Waals surface area contributed by atoms with Crippen LogP contribution in [0.15, 0.2) is 36.7 Å². The molecule has 35 heavy (non-hydrogen) atoms. The van der Waals surface area contributed by atoms with E-state index in [4.69, 9.17) is 4.98 Å². The van der Waals surface area contributed by atoms with Crippen molar-refractivity contribution in [3.05, 3.63) is 59.4 Å². The Morgan fingerprint density at radius 1 is 1.03 bits per heavy atom. The molecule has 0 spiro atoms. The minimum atomic E-state index is -0.450. The lowest BCUT2D eigenvalue weighted by Gasteiger charge is -2.29. The van der Waals surface area contributed by atoms with Crippen LogP contribution >= 0.6 is 0 Å². The lowest BCUT2D eigenvalue weighted by molar-refractivity contribution is 0.255. The lowest BCUT2D eigenvalue weighted by atomic mass is 9.91. The summed E-state index contributed by atoms with van der Waals surface area (Å²) in [6.45, 7) is 6.46. The number of nitrogens with zero attached hydrogens (tertiary/aromatic N) is 6. The maximum Gasteiger partial charge on any atom is 0.229 e. The SMILES string of the molecule is Cc1cc(-c2nc(Nc3ccc(C4CCN(C)CC4)cn3)ncc2F)cc2c1nc1n2C(C)CC1. The van der Waals surface area contributed by atoms with Crippen molar-refractivity contribution in [1.82, 2.24) is 29.4 Å². The molecule has 180 valence electrons. The highest BCUT2D eigenvalue weighted by Crippen LogP contribution is 2.35. The molecule has 0 bridgehead atoms. The number of nitrogens with one attached hydrogen (secondary N) is 1. The van der Waals surface area contributed by atoms with Crippen LogP contribution < -0.4 is 5.32 Å². The van der Waals surface area contributed by atoms with Crippen LogP contribution in [0.5, 0.6) is 0 Å². The Kier molecular flexibility index (Phi) is 5.48. The summed E-state index contributed by atoms with van der Waals surface area (Å²) >= 11 is 0. The van der Waals surface area contributed by atoms with Gasteiger partial charge in [-0.05, 0) is 88.5 Å². The van der Waals surface area contributed by atoms with Gasteiger partial charge >= 0.3 is 0 Å². The monoisotopic (exact) mass is 471 g/mol. The van der Waals surface area contributed by atoms with Gasteiger partial charge in [-0.3, -0.25) is 0 Å². The van der Waals surface area contributed by atoms with E-state index in [1.54, 1.807) is 0 Å². The number of aromatic nitrogens is 5. The number of aryl methyl sites for hydroxylation is 2. The number of hydrogen-bond donors (Lipinski definition) is 1. The highest BCUT2D eigenvalue weighted by Gasteiger charge is 2.24. The van der Waals surface area contributed by atoms with Gasteiger partial charge in [-0.15, -0.1) is 0 Å². The van der Waals surface area contributed by atoms with Crippen LogP contribution in [-0.4, -0.2) is 49.5 Å². The molecule has 8 heteroatoms. The zero-order valence-corrected chi connectivity index (χ0v) is 20.4. The van der Waals surface area contributed by atoms with Crippen LogP contribution in [0.2, 0.25) is 0 Å². The summed E-state index contributed by atoms with van der Waals surface area (Å²) in [7, 11) is 2.17. The Bertz CT molecular complexity index is 1390. The molecular weight excluding hydrogens is 441 g/mol. The Balaban J connectivity index is 1.28. The van der Waals surface area contributed by atoms with Crippen molar-refractivity contribution < 1.29 is 4.39 Å². The van der Waals surface area contributed by atoms with Crippen LogP contribution in [0.1, 0.15) is 55.1 Å². The second-order valence-corrected chi connectivity index (χ2v) is 10.0. The number of hydrogen-bond acceptors (Lipinski definition) is 6. The molecule has 4 aromatic rings. The topological polar surface area (TPSA) is 71.8 Å². The third-order valence-corrected chi connectivity index (χ3v) is 7.52. The van der Waals surface area contributed by atoms with Crippen LogP contribution in [0, 0.1) is 12.7 Å². The molecule has 1 fully saturated rings. The van der Waals surface area contributed by atoms with E-state index in [0.29, 0.717) is 23.7 Å². The molecule has 1 N–H and O–H groups in total. The van der Waals surface area contributed by atoms with Gasteiger partial charge in [0.05, 0.1) is 17.2 Å². The Morgan fingerprint density at radius 2 is 1.86 bits per heavy atom. The number of piperidine rings is 1. The standard InChI is InChI=1S/C27H30FN7/c1-16-12-20(13-22-25(16)32-24-7-4-17(2)35(22)24)26-21(28)15-30-27(33-26)31-23-6-5-19(14-29-23)18-8-10-34(3)11-9-18/h5-6,12-15,17-18H,4,7-11H2,1-3H3,(H,29,30,31,33). The molecule has 0 amide bonds. The number of likely N-dealkylation sites (tertiary alicyclic amines) is 1. The molecule has 2 aliphatic heterocycles. The van der Waals surface area contributed by atoms with Gasteiger partial charge in [0.15, 0.2) is 5.82 Å². The smallest absolute Gasteiger partial charge is 0.229 e. The normalized spacial score (nSPS) is 18.8. The molecule has 0 aliphatic carbocycles. The number of benzene rings is 1. The van der Waals surface area contributed by atoms with E-state index >= 15 is 0 Å². The predicted octanol–water partition coefficient (Wildman–Crippen LogP) is 5.40. The number of fused-ring (bicyclic) bond motifs is 3. The summed E-state index contributed by atoms with van der Waals surface area (Å²) in [6, 6.07) is 8.42. The first-order valence-corrected chi connectivity index (χ1v) is 12.4. The highest BCUT2D eigenvalue weighted by molar-refractivity contribution is 5.85. The largest absolute Gasteiger partial charge is 0.325 e. The molecule has 0 radical (unpaired) electrons. The minimum Gasteiger partial charge on any atom is -0.325 e. The van der Waals surface area contributed by atoms with Crippen molar-refractivity contribution >= 4 is 22.8 Å². The van der Waals surface area contributed by atoms with E-state index in [1.807, 2.05) is 31.3 Å². The van der Waals surface area contributed by atoms with E-state index in [9.17, 15) is 4.39 Å². The lowest BCUT2D eigenvalue weighted by Crippen LogP contribution is -2.29. The van der Waals surface area contributed by atoms with Crippen LogP contribution in [-0.2, 0) is 6.42 Å². The molecule has 5 heterocycles. The van der Waals surface area contributed by atoms with Crippen LogP contribution in [0.4, 0.5) is 16.2 Å². The van der Waals surface area contributed by atoms with Crippen molar-refractivity contribution in [3.8, 4) is 11.3 Å². The van der Waals surface area contributed by atoms with Gasteiger partial charge in [-0.25, -0.2) is 24.3 Å². The predicted molar refractivity (Wildman–Crippen MR) is 135 cm³/mol. The maximum absolute atomic E-state index is 14.9. The average Bonchev–Trinajstić information content (AvgIpc) is 3.41. The average molecular weight is 472 g/mol. The van der Waals surface area contributed by atoms with Gasteiger partial charge < -0.3 is 14.8 Å². The zero-order valence-electron chi connectivity index (χ0n) is 20.4. The Hall–Kier alpha value is -3.39. The first-order valence-electron chi connectivity index (χ1n) is 12.4. The molecular formula is C27H30FN7. The number of pyridine rings is 1. The first-order chi connectivity index (χ1) is 17.0. The quantitative estimate of drug-likeness (QED) is 0.430. The van der Waals surface area contributed by atoms with Gasteiger partial charge in [0.2, 0.25) is 5.95 Å². The van der Waals surface area contributed by atoms with Gasteiger partial charge in [0.25, 0.3) is 0 Å². The van der Waals surface area contributed by atoms with E-state index in [1.165, 1.54) is 11.8 Å². The van der Waals surface area contributed by atoms with Gasteiger partial charge in [-0.1, -0.05) is 6.07 Å². The fourth-order valence-corrected chi connectivity index (χ4v) is 5.49. The summed E-state index contributed by atoms with van der Waals surface area (Å²) in [5.74, 6) is 2.17. The van der Waals surface area contributed by atoms with Crippen molar-refractivity contribution in [1.29, 1.82) is 0 Å². The first kappa shape index (κ1) is 22.1. The van der Waals surface area contributed by atoms with E-state index in [-0.39, 0.29) is 5.69 Å². The number of anilines is 2. The summed E-state index contributed by atoms with van der Waals surface area (Å²) in [6.07, 6.45) is 7.52. The van der Waals surface area contributed by atoms with Crippen molar-refractivity contribution in [2.75, 3.05) is 25.5 Å². The molecule has 6 rings (SSSR count). The second-order valence-electron chi connectivity index (χ2n) is 10.0. The zero-order chi connectivity index (χ0) is 24.1. The third-order valence-electron chi connectivity index (χ3n) is 7.52. The van der Waals surface area contributed by atoms with Crippen LogP contribution in [0.3, 0.4) is 0 Å². The summed E-state index contributed by atoms with van der Waals surface area (Å²) < 4.78 is 17.2. The van der Waals surface area contributed by atoms with E-state index in [0.717, 1.165) is 66.8 Å². The fourth-order valence-electron chi connectivity index (χ4n) is 5.49. The molecule has 3 aromatic heterocycles. The summed E-state index contributed by atoms with van der Waals surface area (Å²) in [5, 5.41) is 3.15. The number of halogens is 1. The highest BCUT2D eigenvalue weighted by atomic mass is 19.1. The molecule has 1 atom stereocenters. The van der Waals surface area contributed by atoms with Gasteiger partial charge in [0.1, 0.15) is 17.3 Å². The second kappa shape index (κ2) is 8.68. The molecule has 7 nitrogen and oxygen atoms in total. The van der Waals surface area contributed by atoms with Crippen molar-refractivity contribution in [3.63, 3.8) is 0 Å². The molecule has 2 aliphatic rings. The van der Waals surface area contributed by atoms with E-state index in [2.05, 4.69) is 49.8 Å². The van der Waals surface area contributed by atoms with Gasteiger partial charge in [-0.2, -0.15) is 0 Å². The maximum atomic E-state index is 14.9. The summed E-state index contributed by atoms with van der Waals surface area (Å²) in [4.78, 5) is 20.5. The van der Waals surface area contributed by atoms with Crippen molar-refractivity contribution in [2.45, 2.75) is 51.5 Å². The van der Waals surface area contributed by atoms with Crippen LogP contribution in [0.25, 0.3) is 22.3 Å². The third kappa shape index (κ3) is 4.05. The Morgan fingerprint density at radius 3 is 2.63 bits per heavy atom. The molecule has 0 saturated carbocycles. The van der Waals surface area contributed by atoms with E-state index < -0.39 is 5.82 Å². The summed E-state index contributed by atoms with van der Waals surface area (Å²) in [5.41, 5.74) is 5.30. The fraction of sp³-hybridized carbons (Fsp3) is 0.407.